The Morgan fingerprint density at radius 1 is 1.16 bits per heavy atom. The van der Waals surface area contributed by atoms with Crippen molar-refractivity contribution in [1.82, 2.24) is 10.2 Å². The van der Waals surface area contributed by atoms with Crippen LogP contribution in [0.1, 0.15) is 41.6 Å². The average molecular weight is 436 g/mol. The summed E-state index contributed by atoms with van der Waals surface area (Å²) < 4.78 is 11.1. The Kier molecular flexibility index (Phi) is 7.07. The van der Waals surface area contributed by atoms with Crippen LogP contribution in [0.3, 0.4) is 0 Å². The predicted octanol–water partition coefficient (Wildman–Crippen LogP) is 3.67. The van der Waals surface area contributed by atoms with E-state index in [9.17, 15) is 9.59 Å². The third-order valence-electron chi connectivity index (χ3n) is 5.77. The monoisotopic (exact) mass is 435 g/mol. The minimum absolute atomic E-state index is 0.160. The number of rotatable bonds is 6. The zero-order valence-electron chi connectivity index (χ0n) is 18.4. The lowest BCUT2D eigenvalue weighted by Gasteiger charge is -2.21. The van der Waals surface area contributed by atoms with Crippen LogP contribution in [0.2, 0.25) is 0 Å². The van der Waals surface area contributed by atoms with Gasteiger partial charge in [-0.2, -0.15) is 0 Å². The fourth-order valence-electron chi connectivity index (χ4n) is 4.02. The Bertz CT molecular complexity index is 1010. The topological polar surface area (TPSA) is 79.9 Å². The molecule has 0 spiro atoms. The van der Waals surface area contributed by atoms with Crippen molar-refractivity contribution in [3.63, 3.8) is 0 Å². The van der Waals surface area contributed by atoms with E-state index in [-0.39, 0.29) is 17.6 Å². The third-order valence-corrected chi connectivity index (χ3v) is 5.77. The molecule has 0 radical (unpaired) electrons. The summed E-state index contributed by atoms with van der Waals surface area (Å²) in [4.78, 5) is 27.6. The van der Waals surface area contributed by atoms with E-state index >= 15 is 0 Å². The smallest absolute Gasteiger partial charge is 0.291 e. The van der Waals surface area contributed by atoms with E-state index in [1.165, 1.54) is 25.7 Å². The Morgan fingerprint density at radius 2 is 1.94 bits per heavy atom. The largest absolute Gasteiger partial charge is 0.496 e. The molecule has 0 saturated carbocycles. The van der Waals surface area contributed by atoms with Gasteiger partial charge in [-0.3, -0.25) is 9.59 Å². The molecule has 2 aliphatic rings. The normalized spacial score (nSPS) is 17.7. The van der Waals surface area contributed by atoms with E-state index in [4.69, 9.17) is 9.47 Å². The molecule has 2 amide bonds. The van der Waals surface area contributed by atoms with Gasteiger partial charge in [0.2, 0.25) is 0 Å². The van der Waals surface area contributed by atoms with Crippen LogP contribution >= 0.6 is 0 Å². The van der Waals surface area contributed by atoms with Crippen LogP contribution in [0.15, 0.2) is 48.2 Å². The lowest BCUT2D eigenvalue weighted by atomic mass is 10.1. The number of amides is 2. The van der Waals surface area contributed by atoms with Gasteiger partial charge in [-0.1, -0.05) is 31.0 Å². The first-order valence-corrected chi connectivity index (χ1v) is 11.1. The highest BCUT2D eigenvalue weighted by Gasteiger charge is 2.23. The van der Waals surface area contributed by atoms with Crippen molar-refractivity contribution < 1.29 is 19.1 Å². The number of hydrogen-bond acceptors (Lipinski definition) is 5. The molecule has 2 aromatic carbocycles. The van der Waals surface area contributed by atoms with E-state index in [2.05, 4.69) is 15.5 Å². The minimum atomic E-state index is -0.373. The minimum Gasteiger partial charge on any atom is -0.496 e. The van der Waals surface area contributed by atoms with Gasteiger partial charge in [-0.15, -0.1) is 0 Å². The second kappa shape index (κ2) is 10.3. The fourth-order valence-corrected chi connectivity index (χ4v) is 4.02. The van der Waals surface area contributed by atoms with Crippen molar-refractivity contribution in [1.29, 1.82) is 0 Å². The second-order valence-corrected chi connectivity index (χ2v) is 8.03. The van der Waals surface area contributed by atoms with Crippen molar-refractivity contribution >= 4 is 23.6 Å². The summed E-state index contributed by atoms with van der Waals surface area (Å²) in [6.07, 6.45) is 6.68. The molecule has 2 aromatic rings. The first-order chi connectivity index (χ1) is 15.6. The molecule has 168 valence electrons. The molecule has 0 aliphatic carbocycles. The first kappa shape index (κ1) is 21.9. The standard InChI is InChI=1S/C25H29N3O4/c1-31-21-9-5-4-8-18(21)17-23-25(30)27-20-16-19(10-11-22(20)32-23)24(29)26-12-15-28-13-6-2-3-7-14-28/h4-5,8-11,16-17H,2-3,6-7,12-15H2,1H3,(H,26,29)(H,27,30)/b23-17+. The highest BCUT2D eigenvalue weighted by molar-refractivity contribution is 6.09. The molecule has 0 aromatic heterocycles. The molecule has 2 N–H and O–H groups in total. The molecule has 1 saturated heterocycles. The number of benzene rings is 2. The Hall–Kier alpha value is -3.32. The maximum absolute atomic E-state index is 12.6. The number of carbonyl (C=O) groups is 2. The predicted molar refractivity (Wildman–Crippen MR) is 124 cm³/mol. The van der Waals surface area contributed by atoms with Crippen molar-refractivity contribution in [2.45, 2.75) is 25.7 Å². The maximum Gasteiger partial charge on any atom is 0.291 e. The molecule has 2 heterocycles. The molecular weight excluding hydrogens is 406 g/mol. The number of methoxy groups -OCH3 is 1. The summed E-state index contributed by atoms with van der Waals surface area (Å²) in [7, 11) is 1.58. The molecule has 0 bridgehead atoms. The van der Waals surface area contributed by atoms with E-state index in [1.54, 1.807) is 31.4 Å². The number of ether oxygens (including phenoxy) is 2. The molecule has 32 heavy (non-hydrogen) atoms. The lowest BCUT2D eigenvalue weighted by Crippen LogP contribution is -2.35. The average Bonchev–Trinajstić information content (AvgIpc) is 3.08. The van der Waals surface area contributed by atoms with Crippen LogP contribution < -0.4 is 20.1 Å². The summed E-state index contributed by atoms with van der Waals surface area (Å²) in [6.45, 7) is 3.66. The number of para-hydroxylation sites is 1. The van der Waals surface area contributed by atoms with E-state index in [0.29, 0.717) is 29.3 Å². The van der Waals surface area contributed by atoms with E-state index in [1.807, 2.05) is 24.3 Å². The van der Waals surface area contributed by atoms with Gasteiger partial charge in [0.05, 0.1) is 12.8 Å². The van der Waals surface area contributed by atoms with Crippen LogP contribution in [0.4, 0.5) is 5.69 Å². The SMILES string of the molecule is COc1ccccc1/C=C1/Oc2ccc(C(=O)NCCN3CCCCCC3)cc2NC1=O. The highest BCUT2D eigenvalue weighted by Crippen LogP contribution is 2.33. The number of nitrogens with one attached hydrogen (secondary N) is 2. The third kappa shape index (κ3) is 5.29. The van der Waals surface area contributed by atoms with Gasteiger partial charge in [-0.25, -0.2) is 0 Å². The second-order valence-electron chi connectivity index (χ2n) is 8.03. The molecular formula is C25H29N3O4. The highest BCUT2D eigenvalue weighted by atomic mass is 16.5. The first-order valence-electron chi connectivity index (χ1n) is 11.1. The van der Waals surface area contributed by atoms with Gasteiger partial charge < -0.3 is 25.0 Å². The van der Waals surface area contributed by atoms with Crippen LogP contribution in [-0.2, 0) is 4.79 Å². The number of likely N-dealkylation sites (tertiary alicyclic amines) is 1. The summed E-state index contributed by atoms with van der Waals surface area (Å²) in [5.74, 6) is 0.771. The summed E-state index contributed by atoms with van der Waals surface area (Å²) in [5, 5.41) is 5.80. The van der Waals surface area contributed by atoms with E-state index < -0.39 is 0 Å². The quantitative estimate of drug-likeness (QED) is 0.677. The number of hydrogen-bond donors (Lipinski definition) is 2. The number of anilines is 1. The number of carbonyl (C=O) groups excluding carboxylic acids is 2. The zero-order chi connectivity index (χ0) is 22.3. The molecule has 4 rings (SSSR count). The van der Waals surface area contributed by atoms with Crippen molar-refractivity contribution in [2.75, 3.05) is 38.6 Å². The molecule has 0 atom stereocenters. The molecule has 1 fully saturated rings. The summed E-state index contributed by atoms with van der Waals surface area (Å²) in [6, 6.07) is 12.4. The van der Waals surface area contributed by atoms with Crippen molar-refractivity contribution in [3.8, 4) is 11.5 Å². The van der Waals surface area contributed by atoms with Gasteiger partial charge >= 0.3 is 0 Å². The van der Waals surface area contributed by atoms with Gasteiger partial charge in [-0.05, 0) is 56.3 Å². The molecule has 7 heteroatoms. The fraction of sp³-hybridized carbons (Fsp3) is 0.360. The number of nitrogens with zero attached hydrogens (tertiary/aromatic N) is 1. The zero-order valence-corrected chi connectivity index (χ0v) is 18.4. The summed E-state index contributed by atoms with van der Waals surface area (Å²) >= 11 is 0. The Labute approximate surface area is 188 Å². The molecule has 0 unspecified atom stereocenters. The van der Waals surface area contributed by atoms with Gasteiger partial charge in [0.1, 0.15) is 5.75 Å². The number of fused-ring (bicyclic) bond motifs is 1. The molecule has 7 nitrogen and oxygen atoms in total. The van der Waals surface area contributed by atoms with Crippen LogP contribution in [0.25, 0.3) is 6.08 Å². The Balaban J connectivity index is 1.40. The molecule has 2 aliphatic heterocycles. The van der Waals surface area contributed by atoms with Crippen LogP contribution in [0, 0.1) is 0 Å². The van der Waals surface area contributed by atoms with Crippen molar-refractivity contribution in [3.05, 3.63) is 59.4 Å². The van der Waals surface area contributed by atoms with Crippen molar-refractivity contribution in [2.24, 2.45) is 0 Å². The summed E-state index contributed by atoms with van der Waals surface area (Å²) in [5.41, 5.74) is 1.71. The maximum atomic E-state index is 12.6. The van der Waals surface area contributed by atoms with Crippen LogP contribution in [-0.4, -0.2) is 50.0 Å². The lowest BCUT2D eigenvalue weighted by molar-refractivity contribution is -0.115. The van der Waals surface area contributed by atoms with Gasteiger partial charge in [0, 0.05) is 24.2 Å². The van der Waals surface area contributed by atoms with Crippen LogP contribution in [0.5, 0.6) is 11.5 Å². The van der Waals surface area contributed by atoms with Gasteiger partial charge in [0.15, 0.2) is 11.5 Å². The Morgan fingerprint density at radius 3 is 2.72 bits per heavy atom. The van der Waals surface area contributed by atoms with E-state index in [0.717, 1.165) is 25.2 Å². The van der Waals surface area contributed by atoms with Gasteiger partial charge in [0.25, 0.3) is 11.8 Å².